The number of halogens is 2. The van der Waals surface area contributed by atoms with E-state index in [1.807, 2.05) is 4.98 Å². The SMILES string of the molecule is Nc1cccc(F)c1Cn1cc(Cl)c(=O)[nH]c1=O. The molecule has 7 heteroatoms. The maximum atomic E-state index is 13.5. The van der Waals surface area contributed by atoms with Gasteiger partial charge in [-0.15, -0.1) is 0 Å². The number of aromatic nitrogens is 2. The predicted molar refractivity (Wildman–Crippen MR) is 66.2 cm³/mol. The molecule has 2 rings (SSSR count). The number of hydrogen-bond acceptors (Lipinski definition) is 3. The van der Waals surface area contributed by atoms with Gasteiger partial charge in [0.25, 0.3) is 5.56 Å². The van der Waals surface area contributed by atoms with E-state index in [0.717, 1.165) is 10.8 Å². The first kappa shape index (κ1) is 12.4. The number of H-pyrrole nitrogens is 1. The number of hydrogen-bond donors (Lipinski definition) is 2. The van der Waals surface area contributed by atoms with E-state index in [0.29, 0.717) is 0 Å². The van der Waals surface area contributed by atoms with E-state index in [1.165, 1.54) is 18.2 Å². The number of rotatable bonds is 2. The summed E-state index contributed by atoms with van der Waals surface area (Å²) < 4.78 is 14.6. The summed E-state index contributed by atoms with van der Waals surface area (Å²) in [5, 5.41) is -0.149. The van der Waals surface area contributed by atoms with Crippen molar-refractivity contribution in [1.82, 2.24) is 9.55 Å². The van der Waals surface area contributed by atoms with Gasteiger partial charge in [-0.1, -0.05) is 17.7 Å². The molecule has 0 spiro atoms. The Labute approximate surface area is 106 Å². The molecule has 0 fully saturated rings. The zero-order valence-electron chi connectivity index (χ0n) is 9.11. The third kappa shape index (κ3) is 2.28. The van der Waals surface area contributed by atoms with E-state index in [4.69, 9.17) is 17.3 Å². The lowest BCUT2D eigenvalue weighted by molar-refractivity contribution is 0.594. The Hall–Kier alpha value is -2.08. The third-order valence-corrected chi connectivity index (χ3v) is 2.72. The summed E-state index contributed by atoms with van der Waals surface area (Å²) in [6.07, 6.45) is 1.15. The van der Waals surface area contributed by atoms with Crippen LogP contribution in [0.5, 0.6) is 0 Å². The number of benzene rings is 1. The first-order chi connectivity index (χ1) is 8.49. The predicted octanol–water partition coefficient (Wildman–Crippen LogP) is 0.960. The number of aromatic amines is 1. The number of nitrogens with two attached hydrogens (primary N) is 1. The summed E-state index contributed by atoms with van der Waals surface area (Å²) in [6, 6.07) is 4.23. The van der Waals surface area contributed by atoms with Crippen LogP contribution in [0.15, 0.2) is 34.0 Å². The fourth-order valence-corrected chi connectivity index (χ4v) is 1.68. The van der Waals surface area contributed by atoms with Gasteiger partial charge < -0.3 is 5.73 Å². The molecule has 0 unspecified atom stereocenters. The topological polar surface area (TPSA) is 80.9 Å². The molecule has 0 saturated carbocycles. The summed E-state index contributed by atoms with van der Waals surface area (Å²) >= 11 is 5.60. The minimum Gasteiger partial charge on any atom is -0.398 e. The third-order valence-electron chi connectivity index (χ3n) is 2.45. The van der Waals surface area contributed by atoms with Crippen LogP contribution >= 0.6 is 11.6 Å². The highest BCUT2D eigenvalue weighted by molar-refractivity contribution is 6.30. The van der Waals surface area contributed by atoms with Gasteiger partial charge in [-0.3, -0.25) is 14.3 Å². The Balaban J connectivity index is 2.50. The number of nitrogens with zero attached hydrogens (tertiary/aromatic N) is 1. The van der Waals surface area contributed by atoms with Crippen molar-refractivity contribution in [1.29, 1.82) is 0 Å². The van der Waals surface area contributed by atoms with Crippen molar-refractivity contribution in [3.63, 3.8) is 0 Å². The summed E-state index contributed by atoms with van der Waals surface area (Å²) in [4.78, 5) is 24.6. The molecule has 0 radical (unpaired) electrons. The van der Waals surface area contributed by atoms with Crippen molar-refractivity contribution in [2.45, 2.75) is 6.54 Å². The maximum Gasteiger partial charge on any atom is 0.328 e. The highest BCUT2D eigenvalue weighted by Gasteiger charge is 2.09. The lowest BCUT2D eigenvalue weighted by Crippen LogP contribution is -2.30. The standard InChI is InChI=1S/C11H9ClFN3O2/c12-7-5-16(11(18)15-10(7)17)4-6-8(13)2-1-3-9(6)14/h1-3,5H,4,14H2,(H,15,17,18). The van der Waals surface area contributed by atoms with Gasteiger partial charge in [0.15, 0.2) is 0 Å². The second-order valence-corrected chi connectivity index (χ2v) is 4.08. The molecule has 5 nitrogen and oxygen atoms in total. The molecular weight excluding hydrogens is 261 g/mol. The Morgan fingerprint density at radius 3 is 2.78 bits per heavy atom. The molecule has 0 aliphatic heterocycles. The summed E-state index contributed by atoms with van der Waals surface area (Å²) in [6.45, 7) is -0.103. The van der Waals surface area contributed by atoms with Crippen molar-refractivity contribution < 1.29 is 4.39 Å². The van der Waals surface area contributed by atoms with Crippen LogP contribution in [0.2, 0.25) is 5.02 Å². The van der Waals surface area contributed by atoms with Crippen molar-refractivity contribution in [2.75, 3.05) is 5.73 Å². The molecule has 94 valence electrons. The Morgan fingerprint density at radius 2 is 2.11 bits per heavy atom. The quantitative estimate of drug-likeness (QED) is 0.797. The summed E-state index contributed by atoms with van der Waals surface area (Å²) in [5.74, 6) is -0.524. The fourth-order valence-electron chi connectivity index (χ4n) is 1.51. The minimum absolute atomic E-state index is 0.103. The first-order valence-corrected chi connectivity index (χ1v) is 5.39. The molecule has 0 aliphatic carbocycles. The highest BCUT2D eigenvalue weighted by Crippen LogP contribution is 2.16. The van der Waals surface area contributed by atoms with Crippen LogP contribution in [0.25, 0.3) is 0 Å². The van der Waals surface area contributed by atoms with E-state index in [1.54, 1.807) is 0 Å². The number of nitrogens with one attached hydrogen (secondary N) is 1. The highest BCUT2D eigenvalue weighted by atomic mass is 35.5. The average molecular weight is 270 g/mol. The molecule has 0 aliphatic rings. The van der Waals surface area contributed by atoms with Crippen molar-refractivity contribution >= 4 is 17.3 Å². The Kier molecular flexibility index (Phi) is 3.20. The van der Waals surface area contributed by atoms with Gasteiger partial charge in [0, 0.05) is 17.4 Å². The molecule has 1 heterocycles. The van der Waals surface area contributed by atoms with Crippen LogP contribution in [-0.2, 0) is 6.54 Å². The van der Waals surface area contributed by atoms with E-state index in [-0.39, 0.29) is 22.8 Å². The summed E-state index contributed by atoms with van der Waals surface area (Å²) in [5.41, 5.74) is 4.67. The second kappa shape index (κ2) is 4.66. The van der Waals surface area contributed by atoms with Crippen molar-refractivity contribution in [3.8, 4) is 0 Å². The van der Waals surface area contributed by atoms with Gasteiger partial charge in [0.1, 0.15) is 10.8 Å². The van der Waals surface area contributed by atoms with E-state index < -0.39 is 17.1 Å². The molecule has 2 aromatic rings. The van der Waals surface area contributed by atoms with Gasteiger partial charge in [-0.05, 0) is 12.1 Å². The van der Waals surface area contributed by atoms with E-state index in [2.05, 4.69) is 0 Å². The lowest BCUT2D eigenvalue weighted by Gasteiger charge is -2.09. The van der Waals surface area contributed by atoms with Crippen LogP contribution in [-0.4, -0.2) is 9.55 Å². The van der Waals surface area contributed by atoms with Gasteiger partial charge in [-0.2, -0.15) is 0 Å². The van der Waals surface area contributed by atoms with Crippen LogP contribution in [0, 0.1) is 5.82 Å². The van der Waals surface area contributed by atoms with Crippen LogP contribution in [0.1, 0.15) is 5.56 Å². The molecular formula is C11H9ClFN3O2. The van der Waals surface area contributed by atoms with Crippen molar-refractivity contribution in [2.24, 2.45) is 0 Å². The van der Waals surface area contributed by atoms with Gasteiger partial charge in [-0.25, -0.2) is 9.18 Å². The Bertz CT molecular complexity index is 688. The van der Waals surface area contributed by atoms with E-state index in [9.17, 15) is 14.0 Å². The smallest absolute Gasteiger partial charge is 0.328 e. The molecule has 0 saturated heterocycles. The monoisotopic (exact) mass is 269 g/mol. The van der Waals surface area contributed by atoms with Crippen LogP contribution < -0.4 is 17.0 Å². The zero-order valence-corrected chi connectivity index (χ0v) is 9.87. The van der Waals surface area contributed by atoms with E-state index >= 15 is 0 Å². The second-order valence-electron chi connectivity index (χ2n) is 3.67. The van der Waals surface area contributed by atoms with Crippen LogP contribution in [0.3, 0.4) is 0 Å². The molecule has 1 aromatic heterocycles. The molecule has 0 atom stereocenters. The molecule has 3 N–H and O–H groups in total. The fraction of sp³-hybridized carbons (Fsp3) is 0.0909. The molecule has 0 amide bonds. The van der Waals surface area contributed by atoms with Crippen LogP contribution in [0.4, 0.5) is 10.1 Å². The normalized spacial score (nSPS) is 10.6. The number of nitrogen functional groups attached to an aromatic ring is 1. The van der Waals surface area contributed by atoms with Gasteiger partial charge in [0.2, 0.25) is 0 Å². The maximum absolute atomic E-state index is 13.5. The number of anilines is 1. The lowest BCUT2D eigenvalue weighted by atomic mass is 10.1. The molecule has 18 heavy (non-hydrogen) atoms. The van der Waals surface area contributed by atoms with Gasteiger partial charge in [0.05, 0.1) is 6.54 Å². The zero-order chi connectivity index (χ0) is 13.3. The summed E-state index contributed by atoms with van der Waals surface area (Å²) in [7, 11) is 0. The van der Waals surface area contributed by atoms with Gasteiger partial charge >= 0.3 is 5.69 Å². The first-order valence-electron chi connectivity index (χ1n) is 5.01. The average Bonchev–Trinajstić information content (AvgIpc) is 2.30. The van der Waals surface area contributed by atoms with Crippen molar-refractivity contribution in [3.05, 3.63) is 61.6 Å². The minimum atomic E-state index is -0.681. The molecule has 0 bridgehead atoms. The largest absolute Gasteiger partial charge is 0.398 e. The Morgan fingerprint density at radius 1 is 1.39 bits per heavy atom. The molecule has 1 aromatic carbocycles.